The van der Waals surface area contributed by atoms with Crippen LogP contribution in [0.2, 0.25) is 0 Å². The molecule has 0 spiro atoms. The van der Waals surface area contributed by atoms with Gasteiger partial charge >= 0.3 is 0 Å². The highest BCUT2D eigenvalue weighted by Gasteiger charge is 2.11. The Balaban J connectivity index is 2.24. The van der Waals surface area contributed by atoms with Gasteiger partial charge in [0, 0.05) is 17.4 Å². The standard InChI is InChI=1S/C15H18N2OS/c1-10(2)8-15(18)17-13-7-5-4-6-12(13)14-9-19-11(3)16-14/h4-7,9-10H,8H2,1-3H3,(H,17,18). The maximum Gasteiger partial charge on any atom is 0.224 e. The van der Waals surface area contributed by atoms with Crippen molar-refractivity contribution < 1.29 is 4.79 Å². The molecular weight excluding hydrogens is 256 g/mol. The number of carbonyl (C=O) groups is 1. The van der Waals surface area contributed by atoms with E-state index in [2.05, 4.69) is 10.3 Å². The van der Waals surface area contributed by atoms with Crippen LogP contribution in [0.15, 0.2) is 29.6 Å². The first-order valence-corrected chi connectivity index (χ1v) is 7.25. The van der Waals surface area contributed by atoms with E-state index < -0.39 is 0 Å². The lowest BCUT2D eigenvalue weighted by Gasteiger charge is -2.10. The third kappa shape index (κ3) is 3.64. The Kier molecular flexibility index (Phi) is 4.32. The Labute approximate surface area is 117 Å². The fourth-order valence-corrected chi connectivity index (χ4v) is 2.49. The smallest absolute Gasteiger partial charge is 0.224 e. The van der Waals surface area contributed by atoms with Crippen molar-refractivity contribution in [3.63, 3.8) is 0 Å². The third-order valence-electron chi connectivity index (χ3n) is 2.69. The van der Waals surface area contributed by atoms with Crippen molar-refractivity contribution in [3.05, 3.63) is 34.7 Å². The molecule has 2 rings (SSSR count). The van der Waals surface area contributed by atoms with Crippen LogP contribution in [0.4, 0.5) is 5.69 Å². The van der Waals surface area contributed by atoms with E-state index in [0.29, 0.717) is 12.3 Å². The number of hydrogen-bond acceptors (Lipinski definition) is 3. The zero-order valence-electron chi connectivity index (χ0n) is 11.4. The van der Waals surface area contributed by atoms with Crippen LogP contribution in [-0.4, -0.2) is 10.9 Å². The second-order valence-corrected chi connectivity index (χ2v) is 6.01. The minimum atomic E-state index is 0.0504. The summed E-state index contributed by atoms with van der Waals surface area (Å²) in [7, 11) is 0. The van der Waals surface area contributed by atoms with Crippen molar-refractivity contribution >= 4 is 22.9 Å². The SMILES string of the molecule is Cc1nc(-c2ccccc2NC(=O)CC(C)C)cs1. The lowest BCUT2D eigenvalue weighted by atomic mass is 10.1. The lowest BCUT2D eigenvalue weighted by Crippen LogP contribution is -2.14. The molecule has 0 unspecified atom stereocenters. The molecule has 0 saturated heterocycles. The van der Waals surface area contributed by atoms with Crippen LogP contribution in [0, 0.1) is 12.8 Å². The van der Waals surface area contributed by atoms with Gasteiger partial charge in [-0.3, -0.25) is 4.79 Å². The van der Waals surface area contributed by atoms with Crippen molar-refractivity contribution in [2.24, 2.45) is 5.92 Å². The van der Waals surface area contributed by atoms with Crippen LogP contribution in [0.3, 0.4) is 0 Å². The lowest BCUT2D eigenvalue weighted by molar-refractivity contribution is -0.116. The molecule has 1 aromatic carbocycles. The van der Waals surface area contributed by atoms with E-state index in [1.165, 1.54) is 0 Å². The van der Waals surface area contributed by atoms with Crippen LogP contribution in [0.1, 0.15) is 25.3 Å². The second-order valence-electron chi connectivity index (χ2n) is 4.94. The fraction of sp³-hybridized carbons (Fsp3) is 0.333. The molecule has 2 aromatic rings. The zero-order valence-corrected chi connectivity index (χ0v) is 12.3. The number of amides is 1. The highest BCUT2D eigenvalue weighted by molar-refractivity contribution is 7.09. The molecule has 0 aliphatic heterocycles. The summed E-state index contributed by atoms with van der Waals surface area (Å²) in [4.78, 5) is 16.4. The molecule has 1 aromatic heterocycles. The number of aromatic nitrogens is 1. The number of aryl methyl sites for hydroxylation is 1. The van der Waals surface area contributed by atoms with Gasteiger partial charge in [-0.05, 0) is 18.9 Å². The number of anilines is 1. The van der Waals surface area contributed by atoms with Crippen molar-refractivity contribution in [3.8, 4) is 11.3 Å². The molecule has 0 bridgehead atoms. The summed E-state index contributed by atoms with van der Waals surface area (Å²) in [5.41, 5.74) is 2.73. The van der Waals surface area contributed by atoms with Gasteiger partial charge in [0.25, 0.3) is 0 Å². The Morgan fingerprint density at radius 3 is 2.74 bits per heavy atom. The second kappa shape index (κ2) is 5.97. The third-order valence-corrected chi connectivity index (χ3v) is 3.46. The summed E-state index contributed by atoms with van der Waals surface area (Å²) in [5, 5.41) is 6.02. The molecule has 4 heteroatoms. The number of nitrogens with one attached hydrogen (secondary N) is 1. The number of rotatable bonds is 4. The molecule has 3 nitrogen and oxygen atoms in total. The molecule has 100 valence electrons. The number of benzene rings is 1. The zero-order chi connectivity index (χ0) is 13.8. The van der Waals surface area contributed by atoms with Crippen LogP contribution in [0.25, 0.3) is 11.3 Å². The number of hydrogen-bond donors (Lipinski definition) is 1. The molecule has 0 aliphatic carbocycles. The van der Waals surface area contributed by atoms with E-state index in [4.69, 9.17) is 0 Å². The van der Waals surface area contributed by atoms with Gasteiger partial charge in [-0.1, -0.05) is 32.0 Å². The van der Waals surface area contributed by atoms with Gasteiger partial charge < -0.3 is 5.32 Å². The Morgan fingerprint density at radius 2 is 2.11 bits per heavy atom. The summed E-state index contributed by atoms with van der Waals surface area (Å²) in [6.07, 6.45) is 0.532. The quantitative estimate of drug-likeness (QED) is 0.912. The molecule has 0 radical (unpaired) electrons. The predicted molar refractivity (Wildman–Crippen MR) is 80.4 cm³/mol. The normalized spacial score (nSPS) is 10.7. The van der Waals surface area contributed by atoms with Crippen molar-refractivity contribution in [1.82, 2.24) is 4.98 Å². The Hall–Kier alpha value is -1.68. The van der Waals surface area contributed by atoms with Crippen LogP contribution in [0.5, 0.6) is 0 Å². The fourth-order valence-electron chi connectivity index (χ4n) is 1.87. The van der Waals surface area contributed by atoms with E-state index in [-0.39, 0.29) is 5.91 Å². The van der Waals surface area contributed by atoms with Crippen molar-refractivity contribution in [1.29, 1.82) is 0 Å². The minimum absolute atomic E-state index is 0.0504. The summed E-state index contributed by atoms with van der Waals surface area (Å²) >= 11 is 1.61. The highest BCUT2D eigenvalue weighted by Crippen LogP contribution is 2.28. The first-order chi connectivity index (χ1) is 9.06. The van der Waals surface area contributed by atoms with Crippen molar-refractivity contribution in [2.45, 2.75) is 27.2 Å². The Morgan fingerprint density at radius 1 is 1.37 bits per heavy atom. The number of para-hydroxylation sites is 1. The van der Waals surface area contributed by atoms with Gasteiger partial charge in [-0.2, -0.15) is 0 Å². The maximum atomic E-state index is 11.9. The molecule has 0 saturated carbocycles. The van der Waals surface area contributed by atoms with Crippen molar-refractivity contribution in [2.75, 3.05) is 5.32 Å². The average molecular weight is 274 g/mol. The molecule has 1 N–H and O–H groups in total. The van der Waals surface area contributed by atoms with Crippen LogP contribution >= 0.6 is 11.3 Å². The molecule has 19 heavy (non-hydrogen) atoms. The predicted octanol–water partition coefficient (Wildman–Crippen LogP) is 4.10. The first-order valence-electron chi connectivity index (χ1n) is 6.37. The maximum absolute atomic E-state index is 11.9. The van der Waals surface area contributed by atoms with E-state index in [1.807, 2.05) is 50.4 Å². The monoisotopic (exact) mass is 274 g/mol. The number of thiazole rings is 1. The summed E-state index contributed by atoms with van der Waals surface area (Å²) < 4.78 is 0. The van der Waals surface area contributed by atoms with Crippen LogP contribution in [-0.2, 0) is 4.79 Å². The summed E-state index contributed by atoms with van der Waals surface area (Å²) in [6, 6.07) is 7.79. The summed E-state index contributed by atoms with van der Waals surface area (Å²) in [5.74, 6) is 0.406. The van der Waals surface area contributed by atoms with E-state index in [9.17, 15) is 4.79 Å². The van der Waals surface area contributed by atoms with Gasteiger partial charge in [0.15, 0.2) is 0 Å². The summed E-state index contributed by atoms with van der Waals surface area (Å²) in [6.45, 7) is 6.05. The molecular formula is C15H18N2OS. The largest absolute Gasteiger partial charge is 0.325 e. The highest BCUT2D eigenvalue weighted by atomic mass is 32.1. The minimum Gasteiger partial charge on any atom is -0.325 e. The number of carbonyl (C=O) groups excluding carboxylic acids is 1. The van der Waals surface area contributed by atoms with Gasteiger partial charge in [-0.25, -0.2) is 4.98 Å². The van der Waals surface area contributed by atoms with E-state index >= 15 is 0 Å². The van der Waals surface area contributed by atoms with Crippen LogP contribution < -0.4 is 5.32 Å². The molecule has 1 amide bonds. The molecule has 0 atom stereocenters. The first kappa shape index (κ1) is 13.7. The number of nitrogens with zero attached hydrogens (tertiary/aromatic N) is 1. The van der Waals surface area contributed by atoms with E-state index in [1.54, 1.807) is 11.3 Å². The molecule has 0 fully saturated rings. The average Bonchev–Trinajstić information content (AvgIpc) is 2.75. The van der Waals surface area contributed by atoms with Gasteiger partial charge in [0.2, 0.25) is 5.91 Å². The topological polar surface area (TPSA) is 42.0 Å². The molecule has 1 heterocycles. The Bertz CT molecular complexity index is 575. The molecule has 0 aliphatic rings. The van der Waals surface area contributed by atoms with Gasteiger partial charge in [0.1, 0.15) is 0 Å². The van der Waals surface area contributed by atoms with Gasteiger partial charge in [0.05, 0.1) is 16.4 Å². The van der Waals surface area contributed by atoms with E-state index in [0.717, 1.165) is 22.0 Å². The van der Waals surface area contributed by atoms with Gasteiger partial charge in [-0.15, -0.1) is 11.3 Å².